The van der Waals surface area contributed by atoms with Crippen molar-refractivity contribution in [2.45, 2.75) is 45.7 Å². The first-order valence-corrected chi connectivity index (χ1v) is 11.8. The quantitative estimate of drug-likeness (QED) is 0.521. The molecule has 1 atom stereocenters. The lowest BCUT2D eigenvalue weighted by Gasteiger charge is -2.34. The number of likely N-dealkylation sites (tertiary alicyclic amines) is 1. The fourth-order valence-corrected chi connectivity index (χ4v) is 4.55. The Kier molecular flexibility index (Phi) is 7.28. The minimum Gasteiger partial charge on any atom is -0.379 e. The monoisotopic (exact) mass is 433 g/mol. The standard InChI is InChI=1S/C27H35N3O2/c1-19(2)30-13-11-21(12-14-30)17-32-18-26(22-7-5-4-6-8-22)29-27(31)23-9-10-24-20(3)16-28-25(24)15-23/h4-10,15-16,19,21,26,28H,11-14,17-18H2,1-3H3,(H,29,31)/t26-/m0/s1. The maximum Gasteiger partial charge on any atom is 0.251 e. The van der Waals surface area contributed by atoms with Crippen LogP contribution in [0, 0.1) is 12.8 Å². The van der Waals surface area contributed by atoms with Crippen LogP contribution in [0.3, 0.4) is 0 Å². The molecule has 4 rings (SSSR count). The molecule has 1 saturated heterocycles. The lowest BCUT2D eigenvalue weighted by molar-refractivity contribution is 0.0473. The first kappa shape index (κ1) is 22.6. The Balaban J connectivity index is 1.38. The van der Waals surface area contributed by atoms with Crippen molar-refractivity contribution in [1.82, 2.24) is 15.2 Å². The summed E-state index contributed by atoms with van der Waals surface area (Å²) in [7, 11) is 0. The van der Waals surface area contributed by atoms with Crippen LogP contribution in [0.4, 0.5) is 0 Å². The highest BCUT2D eigenvalue weighted by Gasteiger charge is 2.22. The van der Waals surface area contributed by atoms with Gasteiger partial charge in [0, 0.05) is 35.3 Å². The number of H-pyrrole nitrogens is 1. The molecule has 0 saturated carbocycles. The van der Waals surface area contributed by atoms with Gasteiger partial charge in [0.15, 0.2) is 0 Å². The molecule has 2 N–H and O–H groups in total. The maximum atomic E-state index is 13.1. The Bertz CT molecular complexity index is 1020. The van der Waals surface area contributed by atoms with Gasteiger partial charge in [-0.15, -0.1) is 0 Å². The summed E-state index contributed by atoms with van der Waals surface area (Å²) >= 11 is 0. The average molecular weight is 434 g/mol. The van der Waals surface area contributed by atoms with E-state index in [-0.39, 0.29) is 11.9 Å². The van der Waals surface area contributed by atoms with E-state index in [1.807, 2.05) is 54.7 Å². The smallest absolute Gasteiger partial charge is 0.251 e. The maximum absolute atomic E-state index is 13.1. The third-order valence-corrected chi connectivity index (χ3v) is 6.68. The Hall–Kier alpha value is -2.63. The number of benzene rings is 2. The molecule has 1 aromatic heterocycles. The number of nitrogens with zero attached hydrogens (tertiary/aromatic N) is 1. The Morgan fingerprint density at radius 2 is 1.91 bits per heavy atom. The average Bonchev–Trinajstić information content (AvgIpc) is 3.19. The number of fused-ring (bicyclic) bond motifs is 1. The lowest BCUT2D eigenvalue weighted by atomic mass is 9.97. The molecule has 2 heterocycles. The van der Waals surface area contributed by atoms with Gasteiger partial charge in [-0.25, -0.2) is 0 Å². The first-order chi connectivity index (χ1) is 15.5. The lowest BCUT2D eigenvalue weighted by Crippen LogP contribution is -2.39. The molecule has 5 heteroatoms. The van der Waals surface area contributed by atoms with Crippen LogP contribution < -0.4 is 5.32 Å². The van der Waals surface area contributed by atoms with Crippen LogP contribution in [0.2, 0.25) is 0 Å². The van der Waals surface area contributed by atoms with E-state index in [9.17, 15) is 4.79 Å². The summed E-state index contributed by atoms with van der Waals surface area (Å²) in [6, 6.07) is 16.4. The molecule has 5 nitrogen and oxygen atoms in total. The van der Waals surface area contributed by atoms with Crippen LogP contribution in [0.5, 0.6) is 0 Å². The second kappa shape index (κ2) is 10.3. The molecule has 0 bridgehead atoms. The Labute approximate surface area is 191 Å². The number of piperidine rings is 1. The van der Waals surface area contributed by atoms with E-state index < -0.39 is 0 Å². The van der Waals surface area contributed by atoms with E-state index in [2.05, 4.69) is 36.0 Å². The zero-order valence-corrected chi connectivity index (χ0v) is 19.4. The number of hydrogen-bond acceptors (Lipinski definition) is 3. The van der Waals surface area contributed by atoms with Crippen molar-refractivity contribution in [1.29, 1.82) is 0 Å². The minimum atomic E-state index is -0.180. The predicted octanol–water partition coefficient (Wildman–Crippen LogP) is 5.08. The zero-order chi connectivity index (χ0) is 22.5. The van der Waals surface area contributed by atoms with Gasteiger partial charge >= 0.3 is 0 Å². The second-order valence-corrected chi connectivity index (χ2v) is 9.28. The number of ether oxygens (including phenoxy) is 1. The molecule has 1 amide bonds. The van der Waals surface area contributed by atoms with E-state index in [0.717, 1.165) is 36.2 Å². The van der Waals surface area contributed by atoms with Crippen molar-refractivity contribution in [2.24, 2.45) is 5.92 Å². The summed E-state index contributed by atoms with van der Waals surface area (Å²) in [4.78, 5) is 18.8. The van der Waals surface area contributed by atoms with Crippen molar-refractivity contribution < 1.29 is 9.53 Å². The normalized spacial score (nSPS) is 16.5. The molecule has 0 aliphatic carbocycles. The van der Waals surface area contributed by atoms with Gasteiger partial charge in [0.25, 0.3) is 5.91 Å². The third kappa shape index (κ3) is 5.40. The Morgan fingerprint density at radius 3 is 2.62 bits per heavy atom. The van der Waals surface area contributed by atoms with Crippen LogP contribution in [-0.4, -0.2) is 48.1 Å². The number of carbonyl (C=O) groups excluding carboxylic acids is 1. The number of aromatic amines is 1. The first-order valence-electron chi connectivity index (χ1n) is 11.8. The predicted molar refractivity (Wildman–Crippen MR) is 130 cm³/mol. The van der Waals surface area contributed by atoms with E-state index in [1.54, 1.807) is 0 Å². The van der Waals surface area contributed by atoms with Crippen LogP contribution in [0.15, 0.2) is 54.7 Å². The third-order valence-electron chi connectivity index (χ3n) is 6.68. The van der Waals surface area contributed by atoms with Gasteiger partial charge in [-0.3, -0.25) is 4.79 Å². The molecule has 0 spiro atoms. The van der Waals surface area contributed by atoms with E-state index in [4.69, 9.17) is 4.74 Å². The summed E-state index contributed by atoms with van der Waals surface area (Å²) in [5.41, 5.74) is 3.88. The highest BCUT2D eigenvalue weighted by atomic mass is 16.5. The fourth-order valence-electron chi connectivity index (χ4n) is 4.55. The zero-order valence-electron chi connectivity index (χ0n) is 19.4. The number of amides is 1. The van der Waals surface area contributed by atoms with Crippen LogP contribution >= 0.6 is 0 Å². The molecular weight excluding hydrogens is 398 g/mol. The molecule has 1 aliphatic rings. The van der Waals surface area contributed by atoms with E-state index >= 15 is 0 Å². The van der Waals surface area contributed by atoms with Crippen molar-refractivity contribution in [3.63, 3.8) is 0 Å². The fraction of sp³-hybridized carbons (Fsp3) is 0.444. The summed E-state index contributed by atoms with van der Waals surface area (Å²) < 4.78 is 6.16. The SMILES string of the molecule is Cc1c[nH]c2cc(C(=O)N[C@@H](COCC3CCN(C(C)C)CC3)c3ccccc3)ccc12. The summed E-state index contributed by atoms with van der Waals surface area (Å²) in [5, 5.41) is 4.34. The number of nitrogens with one attached hydrogen (secondary N) is 2. The molecule has 1 aliphatic heterocycles. The molecule has 0 radical (unpaired) electrons. The molecule has 3 aromatic rings. The van der Waals surface area contributed by atoms with Gasteiger partial charge < -0.3 is 19.9 Å². The number of aryl methyl sites for hydroxylation is 1. The largest absolute Gasteiger partial charge is 0.379 e. The van der Waals surface area contributed by atoms with Gasteiger partial charge in [-0.2, -0.15) is 0 Å². The molecule has 1 fully saturated rings. The van der Waals surface area contributed by atoms with Crippen LogP contribution in [0.25, 0.3) is 10.9 Å². The van der Waals surface area contributed by atoms with Crippen LogP contribution in [0.1, 0.15) is 54.2 Å². The van der Waals surface area contributed by atoms with Gasteiger partial charge in [0.1, 0.15) is 0 Å². The van der Waals surface area contributed by atoms with Crippen molar-refractivity contribution in [3.05, 3.63) is 71.4 Å². The number of rotatable bonds is 8. The topological polar surface area (TPSA) is 57.4 Å². The number of carbonyl (C=O) groups is 1. The summed E-state index contributed by atoms with van der Waals surface area (Å²) in [5.74, 6) is 0.512. The molecular formula is C27H35N3O2. The molecule has 170 valence electrons. The van der Waals surface area contributed by atoms with Crippen molar-refractivity contribution in [2.75, 3.05) is 26.3 Å². The number of hydrogen-bond donors (Lipinski definition) is 2. The highest BCUT2D eigenvalue weighted by Crippen LogP contribution is 2.22. The number of aromatic nitrogens is 1. The van der Waals surface area contributed by atoms with E-state index in [0.29, 0.717) is 24.1 Å². The highest BCUT2D eigenvalue weighted by molar-refractivity contribution is 5.98. The minimum absolute atomic E-state index is 0.0816. The summed E-state index contributed by atoms with van der Waals surface area (Å²) in [6.45, 7) is 10.1. The van der Waals surface area contributed by atoms with Crippen LogP contribution in [-0.2, 0) is 4.74 Å². The van der Waals surface area contributed by atoms with Crippen molar-refractivity contribution in [3.8, 4) is 0 Å². The summed E-state index contributed by atoms with van der Waals surface area (Å²) in [6.07, 6.45) is 4.32. The van der Waals surface area contributed by atoms with E-state index in [1.165, 1.54) is 18.4 Å². The van der Waals surface area contributed by atoms with Gasteiger partial charge in [-0.1, -0.05) is 36.4 Å². The van der Waals surface area contributed by atoms with Gasteiger partial charge in [-0.05, 0) is 75.9 Å². The second-order valence-electron chi connectivity index (χ2n) is 9.28. The molecule has 32 heavy (non-hydrogen) atoms. The van der Waals surface area contributed by atoms with Crippen molar-refractivity contribution >= 4 is 16.8 Å². The molecule has 2 aromatic carbocycles. The Morgan fingerprint density at radius 1 is 1.16 bits per heavy atom. The van der Waals surface area contributed by atoms with Gasteiger partial charge in [0.05, 0.1) is 12.6 Å². The van der Waals surface area contributed by atoms with Gasteiger partial charge in [0.2, 0.25) is 0 Å². The molecule has 0 unspecified atom stereocenters.